The van der Waals surface area contributed by atoms with Crippen LogP contribution in [0.1, 0.15) is 5.56 Å². The normalized spacial score (nSPS) is 18.9. The van der Waals surface area contributed by atoms with E-state index in [4.69, 9.17) is 4.74 Å². The Balaban J connectivity index is 1.83. The Bertz CT molecular complexity index is 840. The van der Waals surface area contributed by atoms with Crippen LogP contribution >= 0.6 is 11.8 Å². The molecule has 2 aliphatic rings. The minimum absolute atomic E-state index is 0.184. The smallest absolute Gasteiger partial charge is 0.383 e. The highest BCUT2D eigenvalue weighted by atomic mass is 32.2. The molecule has 3 rings (SSSR count). The van der Waals surface area contributed by atoms with Crippen LogP contribution in [0, 0.1) is 5.82 Å². The zero-order chi connectivity index (χ0) is 19.4. The van der Waals surface area contributed by atoms with Crippen LogP contribution < -0.4 is 5.32 Å². The van der Waals surface area contributed by atoms with Crippen molar-refractivity contribution in [1.29, 1.82) is 0 Å². The Hall–Kier alpha value is -2.52. The fourth-order valence-electron chi connectivity index (χ4n) is 2.85. The van der Waals surface area contributed by atoms with Gasteiger partial charge in [-0.1, -0.05) is 18.2 Å². The average Bonchev–Trinajstić information content (AvgIpc) is 3.14. The van der Waals surface area contributed by atoms with Crippen LogP contribution in [0.3, 0.4) is 0 Å². The van der Waals surface area contributed by atoms with Gasteiger partial charge in [0.05, 0.1) is 6.61 Å². The van der Waals surface area contributed by atoms with Crippen LogP contribution in [0.4, 0.5) is 9.18 Å². The Labute approximate surface area is 159 Å². The number of allylic oxidation sites excluding steroid dienone is 1. The van der Waals surface area contributed by atoms with Gasteiger partial charge < -0.3 is 10.1 Å². The van der Waals surface area contributed by atoms with Gasteiger partial charge in [-0.05, 0) is 17.6 Å². The second kappa shape index (κ2) is 8.45. The van der Waals surface area contributed by atoms with E-state index in [-0.39, 0.29) is 24.6 Å². The number of fused-ring (bicyclic) bond motifs is 1. The molecule has 9 heteroatoms. The molecule has 0 radical (unpaired) electrons. The molecule has 1 aromatic rings. The summed E-state index contributed by atoms with van der Waals surface area (Å²) >= 11 is 1.26. The highest BCUT2D eigenvalue weighted by molar-refractivity contribution is 8.04. The van der Waals surface area contributed by atoms with Gasteiger partial charge in [-0.2, -0.15) is 14.3 Å². The van der Waals surface area contributed by atoms with Gasteiger partial charge in [0.2, 0.25) is 0 Å². The van der Waals surface area contributed by atoms with Crippen molar-refractivity contribution in [1.82, 2.24) is 10.2 Å². The van der Waals surface area contributed by atoms with E-state index < -0.39 is 23.0 Å². The second-order valence-corrected chi connectivity index (χ2v) is 6.99. The first-order chi connectivity index (χ1) is 13.0. The number of thioether (sulfide) groups is 1. The van der Waals surface area contributed by atoms with Crippen molar-refractivity contribution in [3.63, 3.8) is 0 Å². The van der Waals surface area contributed by atoms with Crippen molar-refractivity contribution in [2.75, 3.05) is 26.8 Å². The zero-order valence-electron chi connectivity index (χ0n) is 14.7. The highest BCUT2D eigenvalue weighted by Crippen LogP contribution is 2.28. The standard InChI is InChI=1S/C18H18FN3O4S/c1-26-8-7-20-15(23)11-21-14-6-9-27-16(14)17(24)22(18(21)25)10-12-4-2-3-5-13(12)19/h2-6,9,16H,7-8,10-11H2,1H3/p+1. The molecule has 0 spiro atoms. The third-order valence-corrected chi connectivity index (χ3v) is 5.21. The molecule has 2 heterocycles. The number of benzene rings is 1. The molecule has 27 heavy (non-hydrogen) atoms. The number of carbonyl (C=O) groups is 3. The van der Waals surface area contributed by atoms with E-state index in [9.17, 15) is 18.8 Å². The largest absolute Gasteiger partial charge is 0.501 e. The molecule has 142 valence electrons. The summed E-state index contributed by atoms with van der Waals surface area (Å²) in [5, 5.41) is 3.76. The Kier molecular flexibility index (Phi) is 6.02. The van der Waals surface area contributed by atoms with Crippen LogP contribution in [0.25, 0.3) is 0 Å². The summed E-state index contributed by atoms with van der Waals surface area (Å²) in [7, 11) is 1.52. The molecule has 0 saturated heterocycles. The molecule has 7 nitrogen and oxygen atoms in total. The molecule has 0 aromatic heterocycles. The molecule has 0 aliphatic carbocycles. The fourth-order valence-corrected chi connectivity index (χ4v) is 3.81. The average molecular weight is 392 g/mol. The summed E-state index contributed by atoms with van der Waals surface area (Å²) in [5.74, 6) is -1.27. The van der Waals surface area contributed by atoms with E-state index in [0.717, 1.165) is 4.90 Å². The zero-order valence-corrected chi connectivity index (χ0v) is 15.5. The van der Waals surface area contributed by atoms with Gasteiger partial charge in [0.15, 0.2) is 11.8 Å². The first-order valence-electron chi connectivity index (χ1n) is 8.33. The van der Waals surface area contributed by atoms with E-state index in [1.807, 2.05) is 0 Å². The molecule has 1 N–H and O–H groups in total. The topological polar surface area (TPSA) is 78.7 Å². The number of imide groups is 1. The van der Waals surface area contributed by atoms with Crippen molar-refractivity contribution >= 4 is 35.3 Å². The van der Waals surface area contributed by atoms with Gasteiger partial charge in [-0.3, -0.25) is 4.79 Å². The SMILES string of the molecule is COCCNC(=O)C[N+]1=C2C=CSC2C(=O)N(Cc2ccccc2F)C1=O. The van der Waals surface area contributed by atoms with E-state index in [1.165, 1.54) is 41.6 Å². The number of nitrogens with zero attached hydrogens (tertiary/aromatic N) is 2. The number of amides is 4. The van der Waals surface area contributed by atoms with Crippen molar-refractivity contribution < 1.29 is 28.1 Å². The molecule has 2 aliphatic heterocycles. The van der Waals surface area contributed by atoms with Crippen LogP contribution in [-0.2, 0) is 20.9 Å². The maximum atomic E-state index is 14.0. The maximum Gasteiger partial charge on any atom is 0.501 e. The van der Waals surface area contributed by atoms with Crippen molar-refractivity contribution in [3.8, 4) is 0 Å². The molecule has 0 bridgehead atoms. The second-order valence-electron chi connectivity index (χ2n) is 5.97. The van der Waals surface area contributed by atoms with Gasteiger partial charge in [-0.15, -0.1) is 11.8 Å². The summed E-state index contributed by atoms with van der Waals surface area (Å²) in [4.78, 5) is 38.8. The number of carbonyl (C=O) groups excluding carboxylic acids is 3. The maximum absolute atomic E-state index is 14.0. The molecule has 0 fully saturated rings. The number of methoxy groups -OCH3 is 1. The number of ether oxygens (including phenoxy) is 1. The highest BCUT2D eigenvalue weighted by Gasteiger charge is 2.49. The number of urea groups is 1. The number of halogens is 1. The summed E-state index contributed by atoms with van der Waals surface area (Å²) < 4.78 is 20.1. The number of hydrogen-bond acceptors (Lipinski definition) is 5. The molecule has 4 amide bonds. The van der Waals surface area contributed by atoms with Crippen LogP contribution in [0.15, 0.2) is 35.7 Å². The summed E-state index contributed by atoms with van der Waals surface area (Å²) in [6.07, 6.45) is 1.66. The first kappa shape index (κ1) is 19.2. The third kappa shape index (κ3) is 4.09. The van der Waals surface area contributed by atoms with Crippen LogP contribution in [0.2, 0.25) is 0 Å². The number of nitrogens with one attached hydrogen (secondary N) is 1. The van der Waals surface area contributed by atoms with Crippen molar-refractivity contribution in [2.45, 2.75) is 11.8 Å². The third-order valence-electron chi connectivity index (χ3n) is 4.20. The van der Waals surface area contributed by atoms with Gasteiger partial charge >= 0.3 is 11.9 Å². The summed E-state index contributed by atoms with van der Waals surface area (Å²) in [5.41, 5.74) is 0.713. The predicted molar refractivity (Wildman–Crippen MR) is 97.9 cm³/mol. The first-order valence-corrected chi connectivity index (χ1v) is 9.28. The van der Waals surface area contributed by atoms with Gasteiger partial charge in [0.25, 0.3) is 5.91 Å². The van der Waals surface area contributed by atoms with Crippen LogP contribution in [0.5, 0.6) is 0 Å². The minimum atomic E-state index is -0.636. The van der Waals surface area contributed by atoms with Crippen molar-refractivity contribution in [3.05, 3.63) is 47.1 Å². The molecule has 1 unspecified atom stereocenters. The van der Waals surface area contributed by atoms with Gasteiger partial charge in [-0.25, -0.2) is 9.18 Å². The number of rotatable bonds is 7. The quantitative estimate of drug-likeness (QED) is 0.556. The van der Waals surface area contributed by atoms with E-state index in [0.29, 0.717) is 18.9 Å². The fraction of sp³-hybridized carbons (Fsp3) is 0.333. The summed E-state index contributed by atoms with van der Waals surface area (Å²) in [6.45, 7) is 0.266. The van der Waals surface area contributed by atoms with E-state index in [2.05, 4.69) is 5.32 Å². The lowest BCUT2D eigenvalue weighted by atomic mass is 10.1. The monoisotopic (exact) mass is 392 g/mol. The van der Waals surface area contributed by atoms with E-state index >= 15 is 0 Å². The molecular formula is C18H19FN3O4S+. The Morgan fingerprint density at radius 1 is 1.37 bits per heavy atom. The molecular weight excluding hydrogens is 373 g/mol. The van der Waals surface area contributed by atoms with Crippen LogP contribution in [-0.4, -0.2) is 65.1 Å². The summed E-state index contributed by atoms with van der Waals surface area (Å²) in [6, 6.07) is 5.35. The van der Waals surface area contributed by atoms with Gasteiger partial charge in [0.1, 0.15) is 18.1 Å². The predicted octanol–water partition coefficient (Wildman–Crippen LogP) is 1.13. The lowest BCUT2D eigenvalue weighted by Crippen LogP contribution is -2.56. The van der Waals surface area contributed by atoms with E-state index in [1.54, 1.807) is 17.6 Å². The Morgan fingerprint density at radius 2 is 2.15 bits per heavy atom. The minimum Gasteiger partial charge on any atom is -0.383 e. The molecule has 0 saturated carbocycles. The van der Waals surface area contributed by atoms with Crippen molar-refractivity contribution in [2.24, 2.45) is 0 Å². The Morgan fingerprint density at radius 3 is 2.89 bits per heavy atom. The molecule has 1 aromatic carbocycles. The molecule has 1 atom stereocenters. The van der Waals surface area contributed by atoms with Gasteiger partial charge in [0, 0.05) is 19.2 Å². The lowest BCUT2D eigenvalue weighted by Gasteiger charge is -2.24. The number of hydrogen-bond donors (Lipinski definition) is 1. The lowest BCUT2D eigenvalue weighted by molar-refractivity contribution is -0.427.